The topological polar surface area (TPSA) is 201 Å². The molecule has 444 valence electrons. The van der Waals surface area contributed by atoms with Crippen molar-refractivity contribution in [2.45, 2.75) is 128 Å². The van der Waals surface area contributed by atoms with Gasteiger partial charge < -0.3 is 44.1 Å². The van der Waals surface area contributed by atoms with Crippen molar-refractivity contribution in [3.05, 3.63) is 130 Å². The van der Waals surface area contributed by atoms with Crippen LogP contribution in [0.1, 0.15) is 115 Å². The Kier molecular flexibility index (Phi) is 18.7. The van der Waals surface area contributed by atoms with E-state index in [1.165, 1.54) is 28.7 Å². The Hall–Kier alpha value is -7.16. The molecule has 0 bridgehead atoms. The van der Waals surface area contributed by atoms with Crippen LogP contribution in [0.3, 0.4) is 0 Å². The van der Waals surface area contributed by atoms with Crippen molar-refractivity contribution < 1.29 is 56.0 Å². The van der Waals surface area contributed by atoms with Gasteiger partial charge in [-0.1, -0.05) is 77.9 Å². The number of ketones is 2. The lowest BCUT2D eigenvalue weighted by Crippen LogP contribution is -2.41. The van der Waals surface area contributed by atoms with Gasteiger partial charge in [-0.3, -0.25) is 28.8 Å². The lowest BCUT2D eigenvalue weighted by atomic mass is 9.99. The van der Waals surface area contributed by atoms with Gasteiger partial charge in [-0.05, 0) is 124 Å². The highest BCUT2D eigenvalue weighted by molar-refractivity contribution is 8.77. The van der Waals surface area contributed by atoms with Crippen LogP contribution in [0.15, 0.2) is 91.0 Å². The number of fused-ring (bicyclic) bond motifs is 8. The SMILES string of the molecule is CCC(=O)C(CCSSC(C)(C)CCC(=O)N[C@@H](C)C(=O)C[C@@H](C)C(=O)Nc1cc(COc2cc3c(cc2C)C(=O)N2c4ccccc4C[C@H]2[C-]=[N+]3C)cc(COc2cc3c(cc2OC)C(=O)N2c4ccccc4C[C@H]2CN3C)c1)S(C)(=O)=O. The minimum atomic E-state index is -3.51. The molecule has 17 nitrogen and oxygen atoms in total. The molecule has 0 spiro atoms. The second-order valence-corrected chi connectivity index (χ2v) is 28.3. The van der Waals surface area contributed by atoms with Crippen LogP contribution in [0.5, 0.6) is 17.2 Å². The maximum Gasteiger partial charge on any atom is 0.260 e. The molecule has 84 heavy (non-hydrogen) atoms. The highest BCUT2D eigenvalue weighted by Crippen LogP contribution is 2.44. The Morgan fingerprint density at radius 3 is 2.13 bits per heavy atom. The molecule has 5 atom stereocenters. The number of Topliss-reactive ketones (excluding diaryl/α,β-unsaturated/α-hetero) is 2. The molecular weight excluding hydrogens is 1120 g/mol. The first kappa shape index (κ1) is 61.4. The molecule has 9 rings (SSSR count). The molecule has 0 aliphatic carbocycles. The number of nitrogens with one attached hydrogen (secondary N) is 2. The predicted octanol–water partition coefficient (Wildman–Crippen LogP) is 9.75. The number of ether oxygens (including phenoxy) is 3. The number of sulfone groups is 1. The number of hydrogen-bond acceptors (Lipinski definition) is 14. The lowest BCUT2D eigenvalue weighted by molar-refractivity contribution is -0.401. The Labute approximate surface area is 500 Å². The first-order chi connectivity index (χ1) is 39.9. The number of benzene rings is 5. The summed E-state index contributed by atoms with van der Waals surface area (Å²) in [5.41, 5.74) is 8.93. The van der Waals surface area contributed by atoms with Crippen molar-refractivity contribution in [3.63, 3.8) is 0 Å². The van der Waals surface area contributed by atoms with Gasteiger partial charge in [0.2, 0.25) is 17.7 Å². The zero-order valence-electron chi connectivity index (χ0n) is 49.3. The van der Waals surface area contributed by atoms with E-state index in [1.807, 2.05) is 116 Å². The second-order valence-electron chi connectivity index (χ2n) is 23.0. The molecule has 20 heteroatoms. The molecule has 0 saturated heterocycles. The van der Waals surface area contributed by atoms with E-state index in [0.717, 1.165) is 40.7 Å². The van der Waals surface area contributed by atoms with E-state index in [-0.39, 0.29) is 85.0 Å². The standard InChI is InChI=1S/C64H74N6O11S3/c1-11-54(71)59(84(10,77)78)21-23-82-83-64(5,6)22-20-60(73)65-40(4)55(72)25-39(3)61(74)66-45-27-41(36-80-56-32-52-48(24-38(56)2)62(75)69-46(34-67(52)7)29-43-16-12-14-18-50(43)69)26-42(28-45)37-81-58-33-53-49(31-57(58)79-9)63(76)70-47(35-68(53)8)30-44-17-13-15-19-51(44)70/h12-19,24,26-28,31-33,39-40,46-47,59H,11,20-23,25,29-30,35-37H2,1-10H3,(H,65,73)(H,66,74)/t39-,40+,46+,47+,59?/m1/s1. The van der Waals surface area contributed by atoms with Gasteiger partial charge in [-0.15, -0.1) is 0 Å². The normalized spacial score (nSPS) is 17.2. The third-order valence-corrected chi connectivity index (χ3v) is 20.9. The van der Waals surface area contributed by atoms with Gasteiger partial charge in [-0.2, -0.15) is 0 Å². The molecule has 4 amide bonds. The summed E-state index contributed by atoms with van der Waals surface area (Å²) in [5, 5.41) is 4.79. The number of rotatable bonds is 24. The van der Waals surface area contributed by atoms with Gasteiger partial charge >= 0.3 is 0 Å². The minimum Gasteiger partial charge on any atom is -0.493 e. The summed E-state index contributed by atoms with van der Waals surface area (Å²) in [6.07, 6.45) is 6.83. The van der Waals surface area contributed by atoms with Crippen molar-refractivity contribution in [1.29, 1.82) is 0 Å². The minimum absolute atomic E-state index is 0.0237. The Bertz CT molecular complexity index is 3570. The number of hydrogen-bond donors (Lipinski definition) is 2. The van der Waals surface area contributed by atoms with Gasteiger partial charge in [0.15, 0.2) is 32.9 Å². The van der Waals surface area contributed by atoms with E-state index in [0.29, 0.717) is 81.7 Å². The molecule has 0 fully saturated rings. The predicted molar refractivity (Wildman–Crippen MR) is 332 cm³/mol. The molecule has 1 unspecified atom stereocenters. The van der Waals surface area contributed by atoms with Crippen molar-refractivity contribution in [2.75, 3.05) is 59.8 Å². The van der Waals surface area contributed by atoms with Crippen LogP contribution < -0.4 is 39.5 Å². The number of amides is 4. The molecule has 5 aromatic carbocycles. The summed E-state index contributed by atoms with van der Waals surface area (Å²) < 4.78 is 44.9. The van der Waals surface area contributed by atoms with Crippen molar-refractivity contribution in [2.24, 2.45) is 5.92 Å². The maximum absolute atomic E-state index is 14.3. The summed E-state index contributed by atoms with van der Waals surface area (Å²) in [5.74, 6) is -0.569. The fourth-order valence-electron chi connectivity index (χ4n) is 11.4. The Morgan fingerprint density at radius 2 is 1.46 bits per heavy atom. The molecule has 4 aliphatic rings. The molecule has 5 aromatic rings. The molecule has 0 saturated carbocycles. The zero-order chi connectivity index (χ0) is 60.4. The smallest absolute Gasteiger partial charge is 0.260 e. The molecular formula is C64H74N6O11S3. The van der Waals surface area contributed by atoms with E-state index in [4.69, 9.17) is 14.2 Å². The maximum atomic E-state index is 14.3. The lowest BCUT2D eigenvalue weighted by Gasteiger charge is -2.25. The van der Waals surface area contributed by atoms with Crippen LogP contribution in [0.4, 0.5) is 28.4 Å². The average Bonchev–Trinajstić information content (AvgIpc) is 1.79. The van der Waals surface area contributed by atoms with Crippen molar-refractivity contribution in [1.82, 2.24) is 5.32 Å². The number of nitrogens with zero attached hydrogens (tertiary/aromatic N) is 4. The van der Waals surface area contributed by atoms with Crippen LogP contribution in [-0.4, -0.2) is 122 Å². The number of aryl methyl sites for hydroxylation is 1. The number of likely N-dealkylation sites (N-methyl/N-ethyl adjacent to an activating group) is 1. The van der Waals surface area contributed by atoms with Crippen LogP contribution in [0, 0.1) is 12.8 Å². The molecule has 0 aromatic heterocycles. The molecule has 2 N–H and O–H groups in total. The van der Waals surface area contributed by atoms with Crippen molar-refractivity contribution in [3.8, 4) is 17.2 Å². The van der Waals surface area contributed by atoms with Gasteiger partial charge in [-0.25, -0.2) is 8.42 Å². The zero-order valence-corrected chi connectivity index (χ0v) is 51.8. The number of carbonyl (C=O) groups is 6. The van der Waals surface area contributed by atoms with Gasteiger partial charge in [0.25, 0.3) is 5.91 Å². The highest BCUT2D eigenvalue weighted by Gasteiger charge is 2.40. The quantitative estimate of drug-likeness (QED) is 0.0256. The number of para-hydroxylation sites is 2. The molecule has 4 aliphatic heterocycles. The van der Waals surface area contributed by atoms with E-state index in [2.05, 4.69) is 27.8 Å². The van der Waals surface area contributed by atoms with Crippen LogP contribution in [0.25, 0.3) is 0 Å². The summed E-state index contributed by atoms with van der Waals surface area (Å²) in [6.45, 7) is 11.5. The number of methoxy groups -OCH3 is 1. The van der Waals surface area contributed by atoms with Gasteiger partial charge in [0.1, 0.15) is 31.3 Å². The summed E-state index contributed by atoms with van der Waals surface area (Å²) >= 11 is 0. The van der Waals surface area contributed by atoms with Gasteiger partial charge in [0, 0.05) is 96.5 Å². The monoisotopic (exact) mass is 1200 g/mol. The fourth-order valence-corrected chi connectivity index (χ4v) is 15.4. The van der Waals surface area contributed by atoms with Crippen molar-refractivity contribution >= 4 is 101 Å². The molecule has 4 heterocycles. The van der Waals surface area contributed by atoms with E-state index in [1.54, 1.807) is 39.0 Å². The third kappa shape index (κ3) is 13.7. The Balaban J connectivity index is 0.885. The first-order valence-corrected chi connectivity index (χ1v) is 32.6. The number of anilines is 4. The van der Waals surface area contributed by atoms with Gasteiger partial charge in [0.05, 0.1) is 36.1 Å². The van der Waals surface area contributed by atoms with Crippen LogP contribution in [0.2, 0.25) is 0 Å². The van der Waals surface area contributed by atoms with Crippen LogP contribution in [-0.2, 0) is 55.1 Å². The van der Waals surface area contributed by atoms with Crippen LogP contribution >= 0.6 is 21.6 Å². The summed E-state index contributed by atoms with van der Waals surface area (Å²) in [4.78, 5) is 87.3. The van der Waals surface area contributed by atoms with E-state index in [9.17, 15) is 37.2 Å². The van der Waals surface area contributed by atoms with E-state index >= 15 is 0 Å². The fraction of sp³-hybridized carbons (Fsp3) is 0.422. The first-order valence-electron chi connectivity index (χ1n) is 28.4. The third-order valence-electron chi connectivity index (χ3n) is 16.0. The van der Waals surface area contributed by atoms with E-state index < -0.39 is 33.0 Å². The largest absolute Gasteiger partial charge is 0.493 e. The Morgan fingerprint density at radius 1 is 0.821 bits per heavy atom. The number of carbonyl (C=O) groups excluding carboxylic acids is 6. The summed E-state index contributed by atoms with van der Waals surface area (Å²) in [7, 11) is 4.85. The second kappa shape index (κ2) is 25.6. The summed E-state index contributed by atoms with van der Waals surface area (Å²) in [6, 6.07) is 27.5. The molecule has 0 radical (unpaired) electrons. The average molecular weight is 1200 g/mol. The highest BCUT2D eigenvalue weighted by atomic mass is 33.1.